The molecule has 146 valence electrons. The Labute approximate surface area is 154 Å². The quantitative estimate of drug-likeness (QED) is 0.754. The fourth-order valence-electron chi connectivity index (χ4n) is 2.72. The Balaban J connectivity index is 1.93. The van der Waals surface area contributed by atoms with Crippen LogP contribution in [0.15, 0.2) is 46.2 Å². The SMILES string of the molecule is O=S(=O)(Nc1cccc(S(=O)(=O)N2CCCC2)c1)c1ccc(F)c(F)c1F. The summed E-state index contributed by atoms with van der Waals surface area (Å²) in [7, 11) is -8.39. The van der Waals surface area contributed by atoms with Gasteiger partial charge in [0.05, 0.1) is 10.6 Å². The van der Waals surface area contributed by atoms with Gasteiger partial charge in [0.1, 0.15) is 4.90 Å². The van der Waals surface area contributed by atoms with Crippen molar-refractivity contribution in [1.29, 1.82) is 0 Å². The molecule has 0 atom stereocenters. The number of rotatable bonds is 5. The van der Waals surface area contributed by atoms with Gasteiger partial charge in [-0.1, -0.05) is 6.07 Å². The zero-order chi connectivity index (χ0) is 19.8. The fraction of sp³-hybridized carbons (Fsp3) is 0.250. The molecule has 1 N–H and O–H groups in total. The van der Waals surface area contributed by atoms with Crippen molar-refractivity contribution in [2.75, 3.05) is 17.8 Å². The summed E-state index contributed by atoms with van der Waals surface area (Å²) in [6.07, 6.45) is 1.47. The highest BCUT2D eigenvalue weighted by molar-refractivity contribution is 7.92. The van der Waals surface area contributed by atoms with Crippen LogP contribution >= 0.6 is 0 Å². The van der Waals surface area contributed by atoms with E-state index in [0.717, 1.165) is 18.9 Å². The van der Waals surface area contributed by atoms with Gasteiger partial charge in [-0.05, 0) is 43.2 Å². The topological polar surface area (TPSA) is 83.5 Å². The largest absolute Gasteiger partial charge is 0.279 e. The predicted molar refractivity (Wildman–Crippen MR) is 91.6 cm³/mol. The first kappa shape index (κ1) is 19.6. The molecule has 0 unspecified atom stereocenters. The molecule has 0 radical (unpaired) electrons. The molecule has 0 bridgehead atoms. The van der Waals surface area contributed by atoms with Gasteiger partial charge in [0, 0.05) is 13.1 Å². The molecule has 1 saturated heterocycles. The van der Waals surface area contributed by atoms with Gasteiger partial charge in [-0.25, -0.2) is 30.0 Å². The van der Waals surface area contributed by atoms with Gasteiger partial charge in [-0.2, -0.15) is 4.31 Å². The second-order valence-electron chi connectivity index (χ2n) is 5.92. The third-order valence-corrected chi connectivity index (χ3v) is 7.37. The molecule has 1 fully saturated rings. The average molecular weight is 420 g/mol. The zero-order valence-electron chi connectivity index (χ0n) is 13.8. The van der Waals surface area contributed by atoms with Crippen LogP contribution in [0.1, 0.15) is 12.8 Å². The van der Waals surface area contributed by atoms with Crippen molar-refractivity contribution in [1.82, 2.24) is 4.31 Å². The minimum Gasteiger partial charge on any atom is -0.279 e. The summed E-state index contributed by atoms with van der Waals surface area (Å²) in [6, 6.07) is 6.05. The Morgan fingerprint density at radius 3 is 2.22 bits per heavy atom. The minimum absolute atomic E-state index is 0.129. The van der Waals surface area contributed by atoms with Crippen LogP contribution in [0, 0.1) is 17.5 Å². The smallest absolute Gasteiger partial charge is 0.264 e. The lowest BCUT2D eigenvalue weighted by Crippen LogP contribution is -2.28. The van der Waals surface area contributed by atoms with Crippen LogP contribution in [-0.2, 0) is 20.0 Å². The Morgan fingerprint density at radius 1 is 0.889 bits per heavy atom. The van der Waals surface area contributed by atoms with E-state index >= 15 is 0 Å². The lowest BCUT2D eigenvalue weighted by atomic mass is 10.3. The van der Waals surface area contributed by atoms with E-state index in [1.54, 1.807) is 0 Å². The molecule has 2 aromatic carbocycles. The highest BCUT2D eigenvalue weighted by atomic mass is 32.2. The van der Waals surface area contributed by atoms with Crippen LogP contribution in [0.4, 0.5) is 18.9 Å². The third-order valence-electron chi connectivity index (χ3n) is 4.08. The highest BCUT2D eigenvalue weighted by Gasteiger charge is 2.28. The zero-order valence-corrected chi connectivity index (χ0v) is 15.5. The van der Waals surface area contributed by atoms with Gasteiger partial charge >= 0.3 is 0 Å². The Morgan fingerprint density at radius 2 is 1.56 bits per heavy atom. The monoisotopic (exact) mass is 420 g/mol. The van der Waals surface area contributed by atoms with Crippen molar-refractivity contribution in [2.24, 2.45) is 0 Å². The molecule has 0 amide bonds. The van der Waals surface area contributed by atoms with Crippen LogP contribution in [0.3, 0.4) is 0 Å². The summed E-state index contributed by atoms with van der Waals surface area (Å²) >= 11 is 0. The summed E-state index contributed by atoms with van der Waals surface area (Å²) < 4.78 is 93.1. The second-order valence-corrected chi connectivity index (χ2v) is 9.51. The van der Waals surface area contributed by atoms with Crippen molar-refractivity contribution in [3.63, 3.8) is 0 Å². The van der Waals surface area contributed by atoms with Crippen LogP contribution in [0.2, 0.25) is 0 Å². The maximum atomic E-state index is 13.8. The Hall–Kier alpha value is -2.11. The van der Waals surface area contributed by atoms with Crippen molar-refractivity contribution in [2.45, 2.75) is 22.6 Å². The van der Waals surface area contributed by atoms with Crippen molar-refractivity contribution >= 4 is 25.7 Å². The number of hydrogen-bond donors (Lipinski definition) is 1. The summed E-state index contributed by atoms with van der Waals surface area (Å²) in [5.41, 5.74) is -0.153. The van der Waals surface area contributed by atoms with Crippen molar-refractivity contribution in [3.8, 4) is 0 Å². The highest BCUT2D eigenvalue weighted by Crippen LogP contribution is 2.26. The maximum absolute atomic E-state index is 13.8. The minimum atomic E-state index is -4.60. The Bertz CT molecular complexity index is 1080. The number of sulfonamides is 2. The van der Waals surface area contributed by atoms with E-state index in [4.69, 9.17) is 0 Å². The molecule has 0 aromatic heterocycles. The van der Waals surface area contributed by atoms with Gasteiger partial charge in [-0.15, -0.1) is 0 Å². The summed E-state index contributed by atoms with van der Waals surface area (Å²) in [5.74, 6) is -5.29. The number of halogens is 3. The molecule has 11 heteroatoms. The average Bonchev–Trinajstić information content (AvgIpc) is 3.15. The van der Waals surface area contributed by atoms with Gasteiger partial charge in [0.2, 0.25) is 10.0 Å². The molecule has 6 nitrogen and oxygen atoms in total. The number of nitrogens with zero attached hydrogens (tertiary/aromatic N) is 1. The van der Waals surface area contributed by atoms with Crippen LogP contribution < -0.4 is 4.72 Å². The first-order valence-corrected chi connectivity index (χ1v) is 10.8. The van der Waals surface area contributed by atoms with E-state index in [-0.39, 0.29) is 10.6 Å². The molecular formula is C16H15F3N2O4S2. The van der Waals surface area contributed by atoms with E-state index in [9.17, 15) is 30.0 Å². The van der Waals surface area contributed by atoms with Crippen molar-refractivity contribution in [3.05, 3.63) is 53.8 Å². The van der Waals surface area contributed by atoms with Crippen LogP contribution in [0.5, 0.6) is 0 Å². The molecule has 27 heavy (non-hydrogen) atoms. The van der Waals surface area contributed by atoms with Crippen LogP contribution in [-0.4, -0.2) is 34.2 Å². The molecular weight excluding hydrogens is 405 g/mol. The molecule has 2 aromatic rings. The molecule has 3 rings (SSSR count). The lowest BCUT2D eigenvalue weighted by molar-refractivity contribution is 0.432. The summed E-state index contributed by atoms with van der Waals surface area (Å²) in [4.78, 5) is -1.22. The van der Waals surface area contributed by atoms with E-state index in [0.29, 0.717) is 25.2 Å². The van der Waals surface area contributed by atoms with E-state index < -0.39 is 42.4 Å². The summed E-state index contributed by atoms with van der Waals surface area (Å²) in [6.45, 7) is 0.747. The standard InChI is InChI=1S/C16H15F3N2O4S2/c17-13-6-7-14(16(19)15(13)18)26(22,23)20-11-4-3-5-12(10-11)27(24,25)21-8-1-2-9-21/h3-7,10,20H,1-2,8-9H2. The van der Waals surface area contributed by atoms with Gasteiger partial charge < -0.3 is 0 Å². The fourth-order valence-corrected chi connectivity index (χ4v) is 5.41. The van der Waals surface area contributed by atoms with Crippen LogP contribution in [0.25, 0.3) is 0 Å². The predicted octanol–water partition coefficient (Wildman–Crippen LogP) is 2.69. The van der Waals surface area contributed by atoms with Gasteiger partial charge in [-0.3, -0.25) is 4.72 Å². The maximum Gasteiger partial charge on any atom is 0.264 e. The molecule has 1 heterocycles. The first-order chi connectivity index (χ1) is 12.6. The molecule has 0 spiro atoms. The summed E-state index contributed by atoms with van der Waals surface area (Å²) in [5, 5.41) is 0. The number of hydrogen-bond acceptors (Lipinski definition) is 4. The number of anilines is 1. The second kappa shape index (κ2) is 7.13. The Kier molecular flexibility index (Phi) is 5.19. The molecule has 1 aliphatic heterocycles. The molecule has 0 aliphatic carbocycles. The number of benzene rings is 2. The van der Waals surface area contributed by atoms with E-state index in [1.165, 1.54) is 22.5 Å². The lowest BCUT2D eigenvalue weighted by Gasteiger charge is -2.16. The normalized spacial score (nSPS) is 15.8. The first-order valence-electron chi connectivity index (χ1n) is 7.89. The van der Waals surface area contributed by atoms with E-state index in [1.807, 2.05) is 4.72 Å². The molecule has 1 aliphatic rings. The number of nitrogens with one attached hydrogen (secondary N) is 1. The van der Waals surface area contributed by atoms with Crippen molar-refractivity contribution < 1.29 is 30.0 Å². The van der Waals surface area contributed by atoms with Gasteiger partial charge in [0.25, 0.3) is 10.0 Å². The third kappa shape index (κ3) is 3.80. The van der Waals surface area contributed by atoms with Gasteiger partial charge in [0.15, 0.2) is 17.5 Å². The molecule has 0 saturated carbocycles. The van der Waals surface area contributed by atoms with E-state index in [2.05, 4.69) is 0 Å².